The highest BCUT2D eigenvalue weighted by atomic mass is 79.9. The highest BCUT2D eigenvalue weighted by Crippen LogP contribution is 2.27. The summed E-state index contributed by atoms with van der Waals surface area (Å²) in [5.74, 6) is -1.21. The molecule has 0 bridgehead atoms. The molecule has 4 nitrogen and oxygen atoms in total. The zero-order valence-electron chi connectivity index (χ0n) is 10.4. The summed E-state index contributed by atoms with van der Waals surface area (Å²) in [6, 6.07) is 4.09. The first-order valence-electron chi connectivity index (χ1n) is 5.81. The second-order valence-corrected chi connectivity index (χ2v) is 5.03. The largest absolute Gasteiger partial charge is 0.465 e. The first-order valence-corrected chi connectivity index (χ1v) is 6.93. The SMILES string of the molecule is COC(=O)c1ccc(N2CC(CBr)CC2=O)cc1F. The maximum absolute atomic E-state index is 13.8. The number of alkyl halides is 1. The summed E-state index contributed by atoms with van der Waals surface area (Å²) in [6.45, 7) is 0.557. The number of hydrogen-bond acceptors (Lipinski definition) is 3. The van der Waals surface area contributed by atoms with Gasteiger partial charge in [-0.1, -0.05) is 15.9 Å². The molecule has 19 heavy (non-hydrogen) atoms. The van der Waals surface area contributed by atoms with Crippen LogP contribution in [-0.4, -0.2) is 30.9 Å². The third-order valence-electron chi connectivity index (χ3n) is 3.09. The zero-order chi connectivity index (χ0) is 14.0. The standard InChI is InChI=1S/C13H13BrFNO3/c1-19-13(18)10-3-2-9(5-11(10)15)16-7-8(6-14)4-12(16)17/h2-3,5,8H,4,6-7H2,1H3. The Morgan fingerprint density at radius 2 is 2.32 bits per heavy atom. The highest BCUT2D eigenvalue weighted by Gasteiger charge is 2.30. The molecule has 1 saturated heterocycles. The van der Waals surface area contributed by atoms with E-state index in [1.807, 2.05) is 0 Å². The number of benzene rings is 1. The predicted molar refractivity (Wildman–Crippen MR) is 72.0 cm³/mol. The lowest BCUT2D eigenvalue weighted by Gasteiger charge is -2.17. The highest BCUT2D eigenvalue weighted by molar-refractivity contribution is 9.09. The fraction of sp³-hybridized carbons (Fsp3) is 0.385. The molecule has 0 saturated carbocycles. The number of carbonyl (C=O) groups excluding carboxylic acids is 2. The quantitative estimate of drug-likeness (QED) is 0.631. The van der Waals surface area contributed by atoms with E-state index in [2.05, 4.69) is 20.7 Å². The van der Waals surface area contributed by atoms with Crippen molar-refractivity contribution in [3.05, 3.63) is 29.6 Å². The molecule has 0 N–H and O–H groups in total. The maximum Gasteiger partial charge on any atom is 0.340 e. The van der Waals surface area contributed by atoms with Crippen LogP contribution in [-0.2, 0) is 9.53 Å². The van der Waals surface area contributed by atoms with Gasteiger partial charge in [0.25, 0.3) is 0 Å². The molecule has 0 aliphatic carbocycles. The molecule has 2 rings (SSSR count). The molecule has 1 aliphatic rings. The third kappa shape index (κ3) is 2.78. The lowest BCUT2D eigenvalue weighted by Crippen LogP contribution is -2.25. The Morgan fingerprint density at radius 1 is 1.58 bits per heavy atom. The van der Waals surface area contributed by atoms with Gasteiger partial charge in [-0.2, -0.15) is 0 Å². The molecular weight excluding hydrogens is 317 g/mol. The Balaban J connectivity index is 2.25. The van der Waals surface area contributed by atoms with Gasteiger partial charge in [0, 0.05) is 24.0 Å². The van der Waals surface area contributed by atoms with Crippen molar-refractivity contribution in [1.29, 1.82) is 0 Å². The number of anilines is 1. The van der Waals surface area contributed by atoms with Gasteiger partial charge in [0.1, 0.15) is 5.82 Å². The molecule has 1 heterocycles. The molecule has 1 atom stereocenters. The van der Waals surface area contributed by atoms with E-state index in [1.165, 1.54) is 24.1 Å². The van der Waals surface area contributed by atoms with E-state index in [1.54, 1.807) is 6.07 Å². The number of methoxy groups -OCH3 is 1. The molecule has 1 fully saturated rings. The Kier molecular flexibility index (Phi) is 4.19. The van der Waals surface area contributed by atoms with Crippen LogP contribution < -0.4 is 4.90 Å². The number of hydrogen-bond donors (Lipinski definition) is 0. The smallest absolute Gasteiger partial charge is 0.340 e. The summed E-state index contributed by atoms with van der Waals surface area (Å²) >= 11 is 3.34. The number of amides is 1. The molecule has 1 aromatic rings. The van der Waals surface area contributed by atoms with Crippen molar-refractivity contribution >= 4 is 33.5 Å². The van der Waals surface area contributed by atoms with Gasteiger partial charge >= 0.3 is 5.97 Å². The molecule has 1 amide bonds. The second-order valence-electron chi connectivity index (χ2n) is 4.38. The summed E-state index contributed by atoms with van der Waals surface area (Å²) in [4.78, 5) is 24.6. The minimum atomic E-state index is -0.727. The summed E-state index contributed by atoms with van der Waals surface area (Å²) in [6.07, 6.45) is 0.450. The van der Waals surface area contributed by atoms with E-state index in [-0.39, 0.29) is 17.4 Å². The van der Waals surface area contributed by atoms with Crippen molar-refractivity contribution in [2.24, 2.45) is 5.92 Å². The van der Waals surface area contributed by atoms with E-state index in [9.17, 15) is 14.0 Å². The van der Waals surface area contributed by atoms with Crippen LogP contribution in [0, 0.1) is 11.7 Å². The van der Waals surface area contributed by atoms with Gasteiger partial charge in [-0.3, -0.25) is 4.79 Å². The summed E-state index contributed by atoms with van der Waals surface area (Å²) < 4.78 is 18.3. The average molecular weight is 330 g/mol. The zero-order valence-corrected chi connectivity index (χ0v) is 11.9. The number of esters is 1. The number of carbonyl (C=O) groups is 2. The summed E-state index contributed by atoms with van der Waals surface area (Å²) in [5.41, 5.74) is 0.341. The van der Waals surface area contributed by atoms with Gasteiger partial charge in [-0.25, -0.2) is 9.18 Å². The second kappa shape index (κ2) is 5.69. The maximum atomic E-state index is 13.8. The molecule has 1 unspecified atom stereocenters. The minimum absolute atomic E-state index is 0.0327. The van der Waals surface area contributed by atoms with Crippen LogP contribution in [0.15, 0.2) is 18.2 Å². The van der Waals surface area contributed by atoms with Crippen molar-refractivity contribution in [3.8, 4) is 0 Å². The lowest BCUT2D eigenvalue weighted by molar-refractivity contribution is -0.117. The Morgan fingerprint density at radius 3 is 2.84 bits per heavy atom. The van der Waals surface area contributed by atoms with Crippen LogP contribution in [0.5, 0.6) is 0 Å². The van der Waals surface area contributed by atoms with Crippen LogP contribution >= 0.6 is 15.9 Å². The van der Waals surface area contributed by atoms with Gasteiger partial charge in [-0.05, 0) is 24.1 Å². The Hall–Kier alpha value is -1.43. The van der Waals surface area contributed by atoms with Crippen molar-refractivity contribution < 1.29 is 18.7 Å². The van der Waals surface area contributed by atoms with Crippen LogP contribution in [0.1, 0.15) is 16.8 Å². The van der Waals surface area contributed by atoms with E-state index >= 15 is 0 Å². The molecule has 0 spiro atoms. The van der Waals surface area contributed by atoms with Gasteiger partial charge in [0.05, 0.1) is 12.7 Å². The van der Waals surface area contributed by atoms with Crippen LogP contribution in [0.3, 0.4) is 0 Å². The van der Waals surface area contributed by atoms with Gasteiger partial charge in [-0.15, -0.1) is 0 Å². The van der Waals surface area contributed by atoms with Crippen molar-refractivity contribution in [2.75, 3.05) is 23.9 Å². The first kappa shape index (κ1) is 14.0. The molecule has 1 aromatic carbocycles. The number of ether oxygens (including phenoxy) is 1. The van der Waals surface area contributed by atoms with Gasteiger partial charge in [0.2, 0.25) is 5.91 Å². The van der Waals surface area contributed by atoms with Gasteiger partial charge < -0.3 is 9.64 Å². The fourth-order valence-corrected chi connectivity index (χ4v) is 2.52. The van der Waals surface area contributed by atoms with Gasteiger partial charge in [0.15, 0.2) is 0 Å². The van der Waals surface area contributed by atoms with Crippen molar-refractivity contribution in [1.82, 2.24) is 0 Å². The molecule has 0 radical (unpaired) electrons. The molecule has 1 aliphatic heterocycles. The molecule has 0 aromatic heterocycles. The van der Waals surface area contributed by atoms with Crippen LogP contribution in [0.4, 0.5) is 10.1 Å². The minimum Gasteiger partial charge on any atom is -0.465 e. The number of rotatable bonds is 3. The van der Waals surface area contributed by atoms with E-state index in [4.69, 9.17) is 0 Å². The topological polar surface area (TPSA) is 46.6 Å². The lowest BCUT2D eigenvalue weighted by atomic mass is 10.1. The molecule has 6 heteroatoms. The normalized spacial score (nSPS) is 18.8. The van der Waals surface area contributed by atoms with E-state index in [0.717, 1.165) is 5.33 Å². The van der Waals surface area contributed by atoms with Crippen molar-refractivity contribution in [3.63, 3.8) is 0 Å². The van der Waals surface area contributed by atoms with Crippen molar-refractivity contribution in [2.45, 2.75) is 6.42 Å². The van der Waals surface area contributed by atoms with Crippen LogP contribution in [0.2, 0.25) is 0 Å². The predicted octanol–water partition coefficient (Wildman–Crippen LogP) is 2.36. The average Bonchev–Trinajstić information content (AvgIpc) is 2.79. The number of halogens is 2. The van der Waals surface area contributed by atoms with Crippen LogP contribution in [0.25, 0.3) is 0 Å². The number of nitrogens with zero attached hydrogens (tertiary/aromatic N) is 1. The molecule has 102 valence electrons. The Bertz CT molecular complexity index is 521. The Labute approximate surface area is 118 Å². The van der Waals surface area contributed by atoms with E-state index in [0.29, 0.717) is 18.7 Å². The first-order chi connectivity index (χ1) is 9.06. The monoisotopic (exact) mass is 329 g/mol. The molecular formula is C13H13BrFNO3. The van der Waals surface area contributed by atoms with E-state index < -0.39 is 11.8 Å². The fourth-order valence-electron chi connectivity index (χ4n) is 2.08. The summed E-state index contributed by atoms with van der Waals surface area (Å²) in [5, 5.41) is 0.734. The summed E-state index contributed by atoms with van der Waals surface area (Å²) in [7, 11) is 1.19. The third-order valence-corrected chi connectivity index (χ3v) is 4.01.